The summed E-state index contributed by atoms with van der Waals surface area (Å²) in [6, 6.07) is 4.31. The maximum Gasteiger partial charge on any atom is 0.126 e. The highest BCUT2D eigenvalue weighted by atomic mass is 35.5. The number of nitrogens with one attached hydrogen (secondary N) is 1. The average molecular weight is 246 g/mol. The van der Waals surface area contributed by atoms with Gasteiger partial charge in [0, 0.05) is 22.7 Å². The van der Waals surface area contributed by atoms with Gasteiger partial charge >= 0.3 is 0 Å². The lowest BCUT2D eigenvalue weighted by Crippen LogP contribution is -2.29. The summed E-state index contributed by atoms with van der Waals surface area (Å²) in [5, 5.41) is 12.7. The van der Waals surface area contributed by atoms with Crippen LogP contribution in [0, 0.1) is 11.2 Å². The number of anilines is 1. The van der Waals surface area contributed by atoms with Crippen LogP contribution >= 0.6 is 11.6 Å². The molecule has 16 heavy (non-hydrogen) atoms. The summed E-state index contributed by atoms with van der Waals surface area (Å²) >= 11 is 5.74. The Morgan fingerprint density at radius 2 is 2.12 bits per heavy atom. The molecule has 0 radical (unpaired) electrons. The fourth-order valence-electron chi connectivity index (χ4n) is 1.26. The molecule has 2 nitrogen and oxygen atoms in total. The van der Waals surface area contributed by atoms with E-state index < -0.39 is 0 Å². The molecule has 0 aromatic heterocycles. The molecule has 0 spiro atoms. The van der Waals surface area contributed by atoms with Crippen molar-refractivity contribution in [1.29, 1.82) is 0 Å². The van der Waals surface area contributed by atoms with Crippen LogP contribution in [0.25, 0.3) is 0 Å². The van der Waals surface area contributed by atoms with E-state index in [0.717, 1.165) is 6.42 Å². The Morgan fingerprint density at radius 3 is 2.62 bits per heavy atom. The lowest BCUT2D eigenvalue weighted by molar-refractivity contribution is 0.149. The van der Waals surface area contributed by atoms with Gasteiger partial charge in [-0.15, -0.1) is 0 Å². The highest BCUT2D eigenvalue weighted by Gasteiger charge is 2.20. The summed E-state index contributed by atoms with van der Waals surface area (Å²) in [5.74, 6) is -0.364. The maximum absolute atomic E-state index is 13.0. The number of rotatable bonds is 5. The summed E-state index contributed by atoms with van der Waals surface area (Å²) in [7, 11) is 0. The number of benzene rings is 1. The molecule has 0 heterocycles. The molecule has 0 saturated heterocycles. The Morgan fingerprint density at radius 1 is 1.44 bits per heavy atom. The number of aliphatic hydroxyl groups is 1. The molecule has 0 amide bonds. The minimum absolute atomic E-state index is 0.0968. The van der Waals surface area contributed by atoms with E-state index >= 15 is 0 Å². The zero-order valence-electron chi connectivity index (χ0n) is 9.56. The van der Waals surface area contributed by atoms with Gasteiger partial charge in [0.15, 0.2) is 0 Å². The summed E-state index contributed by atoms with van der Waals surface area (Å²) < 4.78 is 13.0. The van der Waals surface area contributed by atoms with Gasteiger partial charge in [0.2, 0.25) is 0 Å². The van der Waals surface area contributed by atoms with Crippen molar-refractivity contribution in [3.8, 4) is 0 Å². The molecule has 90 valence electrons. The first-order valence-corrected chi connectivity index (χ1v) is 5.68. The van der Waals surface area contributed by atoms with Crippen molar-refractivity contribution in [3.05, 3.63) is 29.0 Å². The van der Waals surface area contributed by atoms with E-state index in [1.165, 1.54) is 12.1 Å². The van der Waals surface area contributed by atoms with Crippen molar-refractivity contribution in [2.24, 2.45) is 5.41 Å². The highest BCUT2D eigenvalue weighted by molar-refractivity contribution is 6.30. The molecule has 0 bridgehead atoms. The standard InChI is InChI=1S/C12H17ClFNO/c1-3-12(2,8-16)7-15-11-5-9(13)4-10(14)6-11/h4-6,15-16H,3,7-8H2,1-2H3. The van der Waals surface area contributed by atoms with Crippen LogP contribution < -0.4 is 5.32 Å². The Balaban J connectivity index is 2.67. The third-order valence-electron chi connectivity index (χ3n) is 2.82. The quantitative estimate of drug-likeness (QED) is 0.834. The molecule has 0 saturated carbocycles. The third-order valence-corrected chi connectivity index (χ3v) is 3.04. The first-order chi connectivity index (χ1) is 7.49. The number of hydrogen-bond donors (Lipinski definition) is 2. The van der Waals surface area contributed by atoms with Gasteiger partial charge in [-0.2, -0.15) is 0 Å². The molecule has 1 aromatic rings. The van der Waals surface area contributed by atoms with Gasteiger partial charge in [-0.3, -0.25) is 0 Å². The van der Waals surface area contributed by atoms with Gasteiger partial charge in [0.25, 0.3) is 0 Å². The summed E-state index contributed by atoms with van der Waals surface area (Å²) in [6.07, 6.45) is 0.847. The predicted molar refractivity (Wildman–Crippen MR) is 65.4 cm³/mol. The van der Waals surface area contributed by atoms with Crippen molar-refractivity contribution in [2.45, 2.75) is 20.3 Å². The lowest BCUT2D eigenvalue weighted by atomic mass is 9.88. The molecule has 0 aliphatic heterocycles. The smallest absolute Gasteiger partial charge is 0.126 e. The Hall–Kier alpha value is -0.800. The van der Waals surface area contributed by atoms with Gasteiger partial charge in [-0.1, -0.05) is 25.4 Å². The normalized spacial score (nSPS) is 14.6. The summed E-state index contributed by atoms with van der Waals surface area (Å²) in [5.41, 5.74) is 0.442. The van der Waals surface area contributed by atoms with Crippen LogP contribution in [0.4, 0.5) is 10.1 Å². The fraction of sp³-hybridized carbons (Fsp3) is 0.500. The van der Waals surface area contributed by atoms with Crippen molar-refractivity contribution < 1.29 is 9.50 Å². The van der Waals surface area contributed by atoms with Crippen LogP contribution in [0.15, 0.2) is 18.2 Å². The minimum atomic E-state index is -0.364. The van der Waals surface area contributed by atoms with E-state index in [4.69, 9.17) is 11.6 Å². The van der Waals surface area contributed by atoms with Crippen LogP contribution in [0.3, 0.4) is 0 Å². The number of halogens is 2. The highest BCUT2D eigenvalue weighted by Crippen LogP contribution is 2.23. The molecule has 0 aliphatic rings. The molecular formula is C12H17ClFNO. The van der Waals surface area contributed by atoms with Crippen LogP contribution in [0.1, 0.15) is 20.3 Å². The second-order valence-electron chi connectivity index (χ2n) is 4.33. The van der Waals surface area contributed by atoms with Crippen molar-refractivity contribution in [1.82, 2.24) is 0 Å². The van der Waals surface area contributed by atoms with Gasteiger partial charge in [-0.25, -0.2) is 4.39 Å². The monoisotopic (exact) mass is 245 g/mol. The Kier molecular flexibility index (Phi) is 4.56. The largest absolute Gasteiger partial charge is 0.396 e. The van der Waals surface area contributed by atoms with E-state index in [0.29, 0.717) is 17.3 Å². The van der Waals surface area contributed by atoms with Crippen LogP contribution in [0.2, 0.25) is 5.02 Å². The van der Waals surface area contributed by atoms with E-state index in [-0.39, 0.29) is 17.8 Å². The molecular weight excluding hydrogens is 229 g/mol. The summed E-state index contributed by atoms with van der Waals surface area (Å²) in [6.45, 7) is 4.66. The van der Waals surface area contributed by atoms with E-state index in [1.807, 2.05) is 13.8 Å². The maximum atomic E-state index is 13.0. The average Bonchev–Trinajstić information content (AvgIpc) is 2.25. The van der Waals surface area contributed by atoms with Crippen LogP contribution in [0.5, 0.6) is 0 Å². The van der Waals surface area contributed by atoms with Gasteiger partial charge < -0.3 is 10.4 Å². The van der Waals surface area contributed by atoms with Crippen LogP contribution in [-0.2, 0) is 0 Å². The van der Waals surface area contributed by atoms with Crippen molar-refractivity contribution in [2.75, 3.05) is 18.5 Å². The zero-order valence-corrected chi connectivity index (χ0v) is 10.3. The van der Waals surface area contributed by atoms with Gasteiger partial charge in [0.1, 0.15) is 5.82 Å². The van der Waals surface area contributed by atoms with Gasteiger partial charge in [-0.05, 0) is 24.6 Å². The third kappa shape index (κ3) is 3.65. The minimum Gasteiger partial charge on any atom is -0.396 e. The molecule has 1 rings (SSSR count). The molecule has 1 unspecified atom stereocenters. The van der Waals surface area contributed by atoms with Crippen molar-refractivity contribution in [3.63, 3.8) is 0 Å². The lowest BCUT2D eigenvalue weighted by Gasteiger charge is -2.26. The number of hydrogen-bond acceptors (Lipinski definition) is 2. The zero-order chi connectivity index (χ0) is 12.2. The van der Waals surface area contributed by atoms with Gasteiger partial charge in [0.05, 0.1) is 6.61 Å². The SMILES string of the molecule is CCC(C)(CO)CNc1cc(F)cc(Cl)c1. The first-order valence-electron chi connectivity index (χ1n) is 5.30. The molecule has 4 heteroatoms. The molecule has 2 N–H and O–H groups in total. The van der Waals surface area contributed by atoms with E-state index in [2.05, 4.69) is 5.32 Å². The Bertz CT molecular complexity index is 333. The van der Waals surface area contributed by atoms with E-state index in [1.54, 1.807) is 6.07 Å². The molecule has 0 aliphatic carbocycles. The molecule has 1 aromatic carbocycles. The summed E-state index contributed by atoms with van der Waals surface area (Å²) in [4.78, 5) is 0. The number of aliphatic hydroxyl groups excluding tert-OH is 1. The second-order valence-corrected chi connectivity index (χ2v) is 4.77. The predicted octanol–water partition coefficient (Wildman–Crippen LogP) is 3.30. The molecule has 1 atom stereocenters. The Labute approximate surface area is 100 Å². The molecule has 0 fully saturated rings. The van der Waals surface area contributed by atoms with E-state index in [9.17, 15) is 9.50 Å². The second kappa shape index (κ2) is 5.51. The van der Waals surface area contributed by atoms with Crippen molar-refractivity contribution >= 4 is 17.3 Å². The topological polar surface area (TPSA) is 32.3 Å². The fourth-order valence-corrected chi connectivity index (χ4v) is 1.49. The van der Waals surface area contributed by atoms with Crippen LogP contribution in [-0.4, -0.2) is 18.3 Å². The first kappa shape index (κ1) is 13.3.